The van der Waals surface area contributed by atoms with Crippen molar-refractivity contribution >= 4 is 15.9 Å². The molecular formula is C15H12O10S. The first-order chi connectivity index (χ1) is 12.0. The van der Waals surface area contributed by atoms with Crippen LogP contribution in [0.2, 0.25) is 0 Å². The first-order valence-corrected chi connectivity index (χ1v) is 8.43. The van der Waals surface area contributed by atoms with Gasteiger partial charge in [0.2, 0.25) is 5.78 Å². The number of aliphatic hydroxyl groups excluding tert-OH is 1. The van der Waals surface area contributed by atoms with Gasteiger partial charge < -0.3 is 30.3 Å². The second-order valence-corrected chi connectivity index (χ2v) is 6.88. The van der Waals surface area contributed by atoms with Gasteiger partial charge in [-0.2, -0.15) is 8.42 Å². The fraction of sp³-hybridized carbons (Fsp3) is 0.133. The number of phenolic OH excluding ortho intramolecular Hbond substituents is 4. The van der Waals surface area contributed by atoms with E-state index in [1.807, 2.05) is 0 Å². The standard InChI is InChI=1S/C15H12O10S/c16-6-2-1-5(3-7(6)17)14-13(21)11(19)10-9(25-14)4-8(18)15(12(10)20)26(22,23)24/h1-4,13-14,16-18,20-21H,(H,22,23,24). The summed E-state index contributed by atoms with van der Waals surface area (Å²) in [5.41, 5.74) is -0.646. The Balaban J connectivity index is 2.16. The van der Waals surface area contributed by atoms with Gasteiger partial charge in [-0.3, -0.25) is 9.35 Å². The molecule has 10 nitrogen and oxygen atoms in total. The molecule has 0 spiro atoms. The summed E-state index contributed by atoms with van der Waals surface area (Å²) in [4.78, 5) is 11.1. The molecule has 2 atom stereocenters. The molecule has 6 N–H and O–H groups in total. The van der Waals surface area contributed by atoms with E-state index < -0.39 is 67.3 Å². The number of ether oxygens (including phenoxy) is 1. The van der Waals surface area contributed by atoms with Crippen molar-refractivity contribution in [3.8, 4) is 28.7 Å². The van der Waals surface area contributed by atoms with Crippen LogP contribution in [0.3, 0.4) is 0 Å². The summed E-state index contributed by atoms with van der Waals surface area (Å²) in [6, 6.07) is 4.08. The van der Waals surface area contributed by atoms with Gasteiger partial charge in [-0.15, -0.1) is 0 Å². The fourth-order valence-electron chi connectivity index (χ4n) is 2.65. The second kappa shape index (κ2) is 5.76. The van der Waals surface area contributed by atoms with E-state index in [9.17, 15) is 38.7 Å². The van der Waals surface area contributed by atoms with Crippen LogP contribution < -0.4 is 4.74 Å². The van der Waals surface area contributed by atoms with Crippen molar-refractivity contribution in [2.75, 3.05) is 0 Å². The van der Waals surface area contributed by atoms with Gasteiger partial charge in [0.1, 0.15) is 17.1 Å². The predicted molar refractivity (Wildman–Crippen MR) is 83.1 cm³/mol. The zero-order chi connectivity index (χ0) is 19.4. The average Bonchev–Trinajstić information content (AvgIpc) is 2.51. The van der Waals surface area contributed by atoms with Gasteiger partial charge in [-0.25, -0.2) is 0 Å². The lowest BCUT2D eigenvalue weighted by Crippen LogP contribution is -2.36. The van der Waals surface area contributed by atoms with Crippen molar-refractivity contribution in [2.45, 2.75) is 17.1 Å². The monoisotopic (exact) mass is 384 g/mol. The predicted octanol–water partition coefficient (Wildman–Crippen LogP) is 0.433. The molecule has 11 heteroatoms. The molecule has 0 fully saturated rings. The van der Waals surface area contributed by atoms with Gasteiger partial charge in [-0.05, 0) is 17.7 Å². The molecule has 0 aromatic heterocycles. The molecule has 3 rings (SSSR count). The third-order valence-electron chi connectivity index (χ3n) is 3.84. The zero-order valence-corrected chi connectivity index (χ0v) is 13.5. The van der Waals surface area contributed by atoms with E-state index >= 15 is 0 Å². The Kier molecular flexibility index (Phi) is 3.94. The van der Waals surface area contributed by atoms with Crippen molar-refractivity contribution in [2.24, 2.45) is 0 Å². The van der Waals surface area contributed by atoms with Crippen LogP contribution in [0.15, 0.2) is 29.2 Å². The number of ketones is 1. The summed E-state index contributed by atoms with van der Waals surface area (Å²) in [7, 11) is -5.06. The number of rotatable bonds is 2. The van der Waals surface area contributed by atoms with Gasteiger partial charge in [0, 0.05) is 6.07 Å². The number of benzene rings is 2. The molecule has 0 aliphatic carbocycles. The molecule has 2 unspecified atom stereocenters. The fourth-order valence-corrected chi connectivity index (χ4v) is 3.32. The molecule has 2 aromatic rings. The topological polar surface area (TPSA) is 182 Å². The highest BCUT2D eigenvalue weighted by Crippen LogP contribution is 2.46. The van der Waals surface area contributed by atoms with Crippen LogP contribution in [0.25, 0.3) is 0 Å². The second-order valence-electron chi connectivity index (χ2n) is 5.52. The first kappa shape index (κ1) is 17.8. The van der Waals surface area contributed by atoms with Crippen molar-refractivity contribution < 1.29 is 48.0 Å². The largest absolute Gasteiger partial charge is 0.506 e. The molecule has 1 aliphatic rings. The highest BCUT2D eigenvalue weighted by molar-refractivity contribution is 7.86. The lowest BCUT2D eigenvalue weighted by molar-refractivity contribution is 0.0208. The summed E-state index contributed by atoms with van der Waals surface area (Å²) in [5, 5.41) is 48.8. The molecule has 2 aromatic carbocycles. The Hall–Kier alpha value is -3.02. The van der Waals surface area contributed by atoms with E-state index in [4.69, 9.17) is 9.29 Å². The maximum atomic E-state index is 12.4. The maximum Gasteiger partial charge on any atom is 0.301 e. The highest BCUT2D eigenvalue weighted by atomic mass is 32.2. The number of carbonyl (C=O) groups excluding carboxylic acids is 1. The van der Waals surface area contributed by atoms with Gasteiger partial charge in [0.05, 0.1) is 0 Å². The number of aliphatic hydroxyl groups is 1. The molecule has 138 valence electrons. The molecule has 0 saturated carbocycles. The van der Waals surface area contributed by atoms with Crippen LogP contribution in [-0.4, -0.2) is 50.4 Å². The number of fused-ring (bicyclic) bond motifs is 1. The van der Waals surface area contributed by atoms with Crippen LogP contribution in [0.5, 0.6) is 28.7 Å². The van der Waals surface area contributed by atoms with Crippen LogP contribution in [0.4, 0.5) is 0 Å². The summed E-state index contributed by atoms with van der Waals surface area (Å²) < 4.78 is 37.0. The minimum Gasteiger partial charge on any atom is -0.506 e. The van der Waals surface area contributed by atoms with E-state index in [-0.39, 0.29) is 5.56 Å². The van der Waals surface area contributed by atoms with Crippen molar-refractivity contribution in [3.05, 3.63) is 35.4 Å². The molecule has 0 bridgehead atoms. The van der Waals surface area contributed by atoms with Crippen molar-refractivity contribution in [1.29, 1.82) is 0 Å². The third kappa shape index (κ3) is 2.67. The number of aromatic hydroxyl groups is 4. The maximum absolute atomic E-state index is 12.4. The van der Waals surface area contributed by atoms with E-state index in [0.717, 1.165) is 12.1 Å². The van der Waals surface area contributed by atoms with Gasteiger partial charge in [0.25, 0.3) is 0 Å². The minimum atomic E-state index is -5.06. The molecule has 1 aliphatic heterocycles. The van der Waals surface area contributed by atoms with Crippen LogP contribution in [-0.2, 0) is 10.1 Å². The lowest BCUT2D eigenvalue weighted by atomic mass is 9.92. The number of phenols is 4. The SMILES string of the molecule is O=C1c2c(cc(O)c(S(=O)(=O)O)c2O)OC(c2ccc(O)c(O)c2)C1O. The number of hydrogen-bond acceptors (Lipinski definition) is 9. The van der Waals surface area contributed by atoms with Crippen LogP contribution in [0, 0.1) is 0 Å². The molecule has 0 radical (unpaired) electrons. The van der Waals surface area contributed by atoms with Gasteiger partial charge in [-0.1, -0.05) is 6.07 Å². The van der Waals surface area contributed by atoms with E-state index in [0.29, 0.717) is 6.07 Å². The highest BCUT2D eigenvalue weighted by Gasteiger charge is 2.41. The van der Waals surface area contributed by atoms with Crippen LogP contribution >= 0.6 is 0 Å². The van der Waals surface area contributed by atoms with Crippen molar-refractivity contribution in [3.63, 3.8) is 0 Å². The number of hydrogen-bond donors (Lipinski definition) is 6. The van der Waals surface area contributed by atoms with Gasteiger partial charge in [0.15, 0.2) is 34.4 Å². The number of Topliss-reactive ketones (excluding diaryl/α,β-unsaturated/α-hetero) is 1. The van der Waals surface area contributed by atoms with E-state index in [1.165, 1.54) is 6.07 Å². The van der Waals surface area contributed by atoms with Crippen molar-refractivity contribution in [1.82, 2.24) is 0 Å². The van der Waals surface area contributed by atoms with Crippen LogP contribution in [0.1, 0.15) is 22.0 Å². The molecule has 0 amide bonds. The Labute approximate surface area is 145 Å². The average molecular weight is 384 g/mol. The Bertz CT molecular complexity index is 1030. The lowest BCUT2D eigenvalue weighted by Gasteiger charge is -2.30. The summed E-state index contributed by atoms with van der Waals surface area (Å²) >= 11 is 0. The molecule has 0 saturated heterocycles. The summed E-state index contributed by atoms with van der Waals surface area (Å²) in [5.74, 6) is -4.90. The van der Waals surface area contributed by atoms with E-state index in [1.54, 1.807) is 0 Å². The minimum absolute atomic E-state index is 0.0876. The Morgan fingerprint density at radius 2 is 1.62 bits per heavy atom. The molecule has 26 heavy (non-hydrogen) atoms. The van der Waals surface area contributed by atoms with E-state index in [2.05, 4.69) is 0 Å². The summed E-state index contributed by atoms with van der Waals surface area (Å²) in [6.45, 7) is 0. The first-order valence-electron chi connectivity index (χ1n) is 6.99. The smallest absolute Gasteiger partial charge is 0.301 e. The van der Waals surface area contributed by atoms with Gasteiger partial charge >= 0.3 is 10.1 Å². The Morgan fingerprint density at radius 3 is 2.19 bits per heavy atom. The third-order valence-corrected chi connectivity index (χ3v) is 4.76. The quantitative estimate of drug-likeness (QED) is 0.314. The summed E-state index contributed by atoms with van der Waals surface area (Å²) in [6.07, 6.45) is -3.28. The normalized spacial score (nSPS) is 19.7. The Morgan fingerprint density at radius 1 is 0.962 bits per heavy atom. The number of carbonyl (C=O) groups is 1. The molecule has 1 heterocycles. The molecular weight excluding hydrogens is 372 g/mol. The zero-order valence-electron chi connectivity index (χ0n) is 12.7.